The highest BCUT2D eigenvalue weighted by atomic mass is 16.6. The highest BCUT2D eigenvalue weighted by molar-refractivity contribution is 5.81. The lowest BCUT2D eigenvalue weighted by Crippen LogP contribution is -2.46. The fourth-order valence-corrected chi connectivity index (χ4v) is 4.49. The van der Waals surface area contributed by atoms with Gasteiger partial charge in [-0.1, -0.05) is 25.1 Å². The Balaban J connectivity index is 1.50. The van der Waals surface area contributed by atoms with E-state index in [9.17, 15) is 14.9 Å². The zero-order chi connectivity index (χ0) is 24.1. The second-order valence-electron chi connectivity index (χ2n) is 9.16. The van der Waals surface area contributed by atoms with E-state index in [0.717, 1.165) is 29.9 Å². The predicted molar refractivity (Wildman–Crippen MR) is 132 cm³/mol. The molecular formula is C26H31N5O3. The molecule has 8 nitrogen and oxygen atoms in total. The van der Waals surface area contributed by atoms with Gasteiger partial charge >= 0.3 is 0 Å². The summed E-state index contributed by atoms with van der Waals surface area (Å²) in [4.78, 5) is 25.9. The van der Waals surface area contributed by atoms with E-state index >= 15 is 0 Å². The van der Waals surface area contributed by atoms with Gasteiger partial charge < -0.3 is 5.32 Å². The van der Waals surface area contributed by atoms with Gasteiger partial charge in [0.1, 0.15) is 0 Å². The highest BCUT2D eigenvalue weighted by Gasteiger charge is 2.22. The van der Waals surface area contributed by atoms with Crippen LogP contribution in [-0.4, -0.2) is 51.2 Å². The van der Waals surface area contributed by atoms with Crippen LogP contribution < -0.4 is 5.32 Å². The van der Waals surface area contributed by atoms with Crippen LogP contribution in [0.15, 0.2) is 60.8 Å². The molecule has 2 unspecified atom stereocenters. The fraction of sp³-hybridized carbons (Fsp3) is 0.385. The third kappa shape index (κ3) is 5.69. The van der Waals surface area contributed by atoms with Crippen LogP contribution in [0.1, 0.15) is 32.3 Å². The van der Waals surface area contributed by atoms with Crippen LogP contribution in [0.4, 0.5) is 5.69 Å². The molecule has 0 bridgehead atoms. The summed E-state index contributed by atoms with van der Waals surface area (Å²) in [5.74, 6) is 0.632. The first-order valence-electron chi connectivity index (χ1n) is 11.8. The van der Waals surface area contributed by atoms with Crippen molar-refractivity contribution >= 4 is 11.6 Å². The highest BCUT2D eigenvalue weighted by Crippen LogP contribution is 2.26. The minimum atomic E-state index is -0.426. The molecule has 1 aliphatic rings. The molecule has 3 aromatic rings. The zero-order valence-corrected chi connectivity index (χ0v) is 19.7. The number of benzene rings is 2. The van der Waals surface area contributed by atoms with E-state index in [-0.39, 0.29) is 24.1 Å². The van der Waals surface area contributed by atoms with Crippen molar-refractivity contribution in [1.29, 1.82) is 0 Å². The molecular weight excluding hydrogens is 430 g/mol. The molecule has 2 atom stereocenters. The first kappa shape index (κ1) is 23.6. The predicted octanol–water partition coefficient (Wildman–Crippen LogP) is 4.23. The van der Waals surface area contributed by atoms with Crippen LogP contribution in [0.3, 0.4) is 0 Å². The molecule has 0 saturated carbocycles. The van der Waals surface area contributed by atoms with Gasteiger partial charge in [-0.15, -0.1) is 0 Å². The molecule has 1 fully saturated rings. The minimum absolute atomic E-state index is 0.0200. The minimum Gasteiger partial charge on any atom is -0.354 e. The van der Waals surface area contributed by atoms with Crippen LogP contribution in [0.2, 0.25) is 0 Å². The first-order chi connectivity index (χ1) is 16.4. The van der Waals surface area contributed by atoms with E-state index in [4.69, 9.17) is 5.10 Å². The molecule has 1 aromatic heterocycles. The number of rotatable bonds is 8. The second kappa shape index (κ2) is 10.6. The topological polar surface area (TPSA) is 93.3 Å². The number of hydrogen-bond acceptors (Lipinski definition) is 5. The van der Waals surface area contributed by atoms with Crippen LogP contribution in [0.5, 0.6) is 0 Å². The van der Waals surface area contributed by atoms with Gasteiger partial charge in [-0.2, -0.15) is 5.10 Å². The molecule has 0 spiro atoms. The Labute approximate surface area is 199 Å². The Morgan fingerprint density at radius 3 is 2.62 bits per heavy atom. The number of carbonyl (C=O) groups is 1. The number of hydrogen-bond donors (Lipinski definition) is 1. The number of non-ortho nitro benzene ring substituents is 1. The van der Waals surface area contributed by atoms with Gasteiger partial charge in [0.05, 0.1) is 22.7 Å². The number of carbonyl (C=O) groups excluding carboxylic acids is 1. The molecule has 178 valence electrons. The molecule has 34 heavy (non-hydrogen) atoms. The monoisotopic (exact) mass is 461 g/mol. The summed E-state index contributed by atoms with van der Waals surface area (Å²) in [6, 6.07) is 16.2. The van der Waals surface area contributed by atoms with E-state index in [1.165, 1.54) is 25.0 Å². The van der Waals surface area contributed by atoms with Crippen molar-refractivity contribution in [1.82, 2.24) is 20.0 Å². The summed E-state index contributed by atoms with van der Waals surface area (Å²) in [5.41, 5.74) is 3.05. The quantitative estimate of drug-likeness (QED) is 0.400. The van der Waals surface area contributed by atoms with Gasteiger partial charge in [-0.05, 0) is 56.5 Å². The first-order valence-corrected chi connectivity index (χ1v) is 11.8. The van der Waals surface area contributed by atoms with E-state index in [1.807, 2.05) is 36.5 Å². The van der Waals surface area contributed by atoms with Crippen molar-refractivity contribution in [3.63, 3.8) is 0 Å². The number of para-hydroxylation sites is 1. The number of nitro benzene ring substituents is 1. The molecule has 0 radical (unpaired) electrons. The Morgan fingerprint density at radius 1 is 1.21 bits per heavy atom. The van der Waals surface area contributed by atoms with Gasteiger partial charge in [0.2, 0.25) is 5.91 Å². The summed E-state index contributed by atoms with van der Waals surface area (Å²) in [5, 5.41) is 18.8. The van der Waals surface area contributed by atoms with E-state index in [2.05, 4.69) is 24.1 Å². The number of aromatic nitrogens is 2. The van der Waals surface area contributed by atoms with Gasteiger partial charge in [-0.3, -0.25) is 19.8 Å². The molecule has 4 rings (SSSR count). The van der Waals surface area contributed by atoms with Crippen molar-refractivity contribution in [2.45, 2.75) is 39.2 Å². The SMILES string of the molecule is CC1CCCN(C(C)CNC(=O)Cc2cn(-c3ccccc3)nc2-c2ccc([N+](=O)[O-])cc2)C1. The summed E-state index contributed by atoms with van der Waals surface area (Å²) >= 11 is 0. The van der Waals surface area contributed by atoms with Crippen molar-refractivity contribution < 1.29 is 9.72 Å². The summed E-state index contributed by atoms with van der Waals surface area (Å²) in [6.45, 7) is 7.20. The lowest BCUT2D eigenvalue weighted by Gasteiger charge is -2.35. The second-order valence-corrected chi connectivity index (χ2v) is 9.16. The Kier molecular flexibility index (Phi) is 7.37. The average Bonchev–Trinajstić information content (AvgIpc) is 3.26. The number of nitrogens with zero attached hydrogens (tertiary/aromatic N) is 4. The zero-order valence-electron chi connectivity index (χ0n) is 19.7. The van der Waals surface area contributed by atoms with E-state index < -0.39 is 4.92 Å². The maximum Gasteiger partial charge on any atom is 0.269 e. The summed E-state index contributed by atoms with van der Waals surface area (Å²) in [6.07, 6.45) is 4.52. The van der Waals surface area contributed by atoms with Gasteiger partial charge in [0.15, 0.2) is 0 Å². The van der Waals surface area contributed by atoms with Crippen molar-refractivity contribution in [3.8, 4) is 16.9 Å². The largest absolute Gasteiger partial charge is 0.354 e. The molecule has 0 aliphatic carbocycles. The van der Waals surface area contributed by atoms with Crippen LogP contribution in [-0.2, 0) is 11.2 Å². The maximum atomic E-state index is 12.9. The molecule has 1 amide bonds. The standard InChI is InChI=1S/C26H31N5O3/c1-19-7-6-14-29(17-19)20(2)16-27-25(32)15-22-18-30(23-8-4-3-5-9-23)28-26(22)21-10-12-24(13-11-21)31(33)34/h3-5,8-13,18-20H,6-7,14-17H2,1-2H3,(H,27,32). The van der Waals surface area contributed by atoms with E-state index in [0.29, 0.717) is 18.2 Å². The third-order valence-corrected chi connectivity index (χ3v) is 6.42. The van der Waals surface area contributed by atoms with Gasteiger partial charge in [-0.25, -0.2) is 4.68 Å². The number of amides is 1. The van der Waals surface area contributed by atoms with Crippen molar-refractivity contribution in [2.75, 3.05) is 19.6 Å². The summed E-state index contributed by atoms with van der Waals surface area (Å²) < 4.78 is 1.75. The fourth-order valence-electron chi connectivity index (χ4n) is 4.49. The number of nitrogens with one attached hydrogen (secondary N) is 1. The Hall–Kier alpha value is -3.52. The van der Waals surface area contributed by atoms with Crippen molar-refractivity contribution in [2.24, 2.45) is 5.92 Å². The number of likely N-dealkylation sites (tertiary alicyclic amines) is 1. The molecule has 1 aliphatic heterocycles. The Morgan fingerprint density at radius 2 is 1.94 bits per heavy atom. The van der Waals surface area contributed by atoms with Crippen LogP contribution in [0.25, 0.3) is 16.9 Å². The Bertz CT molecular complexity index is 1130. The van der Waals surface area contributed by atoms with Gasteiger partial charge in [0, 0.05) is 48.6 Å². The van der Waals surface area contributed by atoms with Crippen LogP contribution in [0, 0.1) is 16.0 Å². The van der Waals surface area contributed by atoms with Gasteiger partial charge in [0.25, 0.3) is 5.69 Å². The third-order valence-electron chi connectivity index (χ3n) is 6.42. The maximum absolute atomic E-state index is 12.9. The lowest BCUT2D eigenvalue weighted by molar-refractivity contribution is -0.384. The molecule has 2 heterocycles. The molecule has 8 heteroatoms. The molecule has 1 N–H and O–H groups in total. The molecule has 2 aromatic carbocycles. The van der Waals surface area contributed by atoms with E-state index in [1.54, 1.807) is 16.8 Å². The number of piperidine rings is 1. The molecule has 1 saturated heterocycles. The smallest absolute Gasteiger partial charge is 0.269 e. The van der Waals surface area contributed by atoms with Crippen LogP contribution >= 0.6 is 0 Å². The van der Waals surface area contributed by atoms with Crippen molar-refractivity contribution in [3.05, 3.63) is 76.5 Å². The normalized spacial score (nSPS) is 17.3. The lowest BCUT2D eigenvalue weighted by atomic mass is 9.99. The number of nitro groups is 1. The average molecular weight is 462 g/mol. The summed E-state index contributed by atoms with van der Waals surface area (Å²) in [7, 11) is 0.